The molecule has 1 aliphatic carbocycles. The van der Waals surface area contributed by atoms with Crippen molar-refractivity contribution in [3.05, 3.63) is 29.3 Å². The Kier molecular flexibility index (Phi) is 2.50. The Hall–Kier alpha value is -1.02. The predicted molar refractivity (Wildman–Crippen MR) is 64.9 cm³/mol. The molecule has 1 aliphatic rings. The van der Waals surface area contributed by atoms with Crippen molar-refractivity contribution in [3.8, 4) is 5.75 Å². The molecule has 0 amide bonds. The van der Waals surface area contributed by atoms with E-state index in [-0.39, 0.29) is 17.4 Å². The molecular formula is C14H20O2. The highest BCUT2D eigenvalue weighted by atomic mass is 16.5. The van der Waals surface area contributed by atoms with Gasteiger partial charge < -0.3 is 9.84 Å². The minimum atomic E-state index is -0.107. The Morgan fingerprint density at radius 1 is 1.38 bits per heavy atom. The first-order chi connectivity index (χ1) is 7.48. The van der Waals surface area contributed by atoms with E-state index in [9.17, 15) is 5.11 Å². The summed E-state index contributed by atoms with van der Waals surface area (Å²) in [7, 11) is 1.69. The molecule has 16 heavy (non-hydrogen) atoms. The monoisotopic (exact) mass is 220 g/mol. The van der Waals surface area contributed by atoms with Gasteiger partial charge in [-0.15, -0.1) is 0 Å². The summed E-state index contributed by atoms with van der Waals surface area (Å²) in [6, 6.07) is 6.07. The van der Waals surface area contributed by atoms with Crippen LogP contribution in [0.1, 0.15) is 31.4 Å². The number of aryl methyl sites for hydroxylation is 1. The van der Waals surface area contributed by atoms with Crippen molar-refractivity contribution in [2.45, 2.75) is 32.6 Å². The van der Waals surface area contributed by atoms with E-state index in [4.69, 9.17) is 4.74 Å². The highest BCUT2D eigenvalue weighted by Gasteiger charge is 2.63. The summed E-state index contributed by atoms with van der Waals surface area (Å²) in [6.45, 7) is 6.69. The highest BCUT2D eigenvalue weighted by Crippen LogP contribution is 2.66. The Labute approximate surface area is 97.3 Å². The van der Waals surface area contributed by atoms with Crippen molar-refractivity contribution in [1.82, 2.24) is 0 Å². The summed E-state index contributed by atoms with van der Waals surface area (Å²) in [6.07, 6.45) is 1.03. The van der Waals surface area contributed by atoms with E-state index in [1.165, 1.54) is 11.1 Å². The van der Waals surface area contributed by atoms with Crippen molar-refractivity contribution in [1.29, 1.82) is 0 Å². The number of rotatable bonds is 3. The molecule has 2 heteroatoms. The average Bonchev–Trinajstić information content (AvgIpc) is 2.81. The molecule has 2 rings (SSSR count). The van der Waals surface area contributed by atoms with Crippen LogP contribution in [0.2, 0.25) is 0 Å². The van der Waals surface area contributed by atoms with Gasteiger partial charge in [0.05, 0.1) is 13.7 Å². The Morgan fingerprint density at radius 3 is 2.44 bits per heavy atom. The van der Waals surface area contributed by atoms with Crippen LogP contribution in [0.4, 0.5) is 0 Å². The SMILES string of the molecule is COc1cccc(C)c1C1(CO)CC1(C)C. The molecule has 1 aromatic rings. The minimum Gasteiger partial charge on any atom is -0.496 e. The molecule has 1 unspecified atom stereocenters. The molecule has 1 N–H and O–H groups in total. The van der Waals surface area contributed by atoms with Gasteiger partial charge in [0.25, 0.3) is 0 Å². The van der Waals surface area contributed by atoms with Crippen LogP contribution in [0.15, 0.2) is 18.2 Å². The lowest BCUT2D eigenvalue weighted by Gasteiger charge is -2.23. The number of benzene rings is 1. The molecule has 88 valence electrons. The zero-order chi connectivity index (χ0) is 12.0. The van der Waals surface area contributed by atoms with Crippen molar-refractivity contribution < 1.29 is 9.84 Å². The lowest BCUT2D eigenvalue weighted by atomic mass is 9.85. The molecule has 0 bridgehead atoms. The first-order valence-corrected chi connectivity index (χ1v) is 5.73. The number of hydrogen-bond acceptors (Lipinski definition) is 2. The Balaban J connectivity index is 2.56. The fourth-order valence-corrected chi connectivity index (χ4v) is 2.91. The molecular weight excluding hydrogens is 200 g/mol. The third-order valence-corrected chi connectivity index (χ3v) is 4.12. The van der Waals surface area contributed by atoms with Crippen molar-refractivity contribution in [3.63, 3.8) is 0 Å². The van der Waals surface area contributed by atoms with Gasteiger partial charge in [0, 0.05) is 11.0 Å². The largest absolute Gasteiger partial charge is 0.496 e. The number of aliphatic hydroxyl groups is 1. The quantitative estimate of drug-likeness (QED) is 0.848. The van der Waals surface area contributed by atoms with Gasteiger partial charge in [-0.05, 0) is 30.4 Å². The maximum atomic E-state index is 9.73. The summed E-state index contributed by atoms with van der Waals surface area (Å²) in [4.78, 5) is 0. The molecule has 1 aromatic carbocycles. The van der Waals surface area contributed by atoms with Crippen molar-refractivity contribution >= 4 is 0 Å². The highest BCUT2D eigenvalue weighted by molar-refractivity contribution is 5.51. The van der Waals surface area contributed by atoms with Gasteiger partial charge in [-0.3, -0.25) is 0 Å². The van der Waals surface area contributed by atoms with Crippen LogP contribution in [-0.4, -0.2) is 18.8 Å². The van der Waals surface area contributed by atoms with Gasteiger partial charge in [0.2, 0.25) is 0 Å². The topological polar surface area (TPSA) is 29.5 Å². The Bertz CT molecular complexity index is 409. The second-order valence-corrected chi connectivity index (χ2v) is 5.45. The standard InChI is InChI=1S/C14H20O2/c1-10-6-5-7-11(16-4)12(10)14(9-15)8-13(14,2)3/h5-7,15H,8-9H2,1-4H3. The average molecular weight is 220 g/mol. The van der Waals surface area contributed by atoms with Gasteiger partial charge >= 0.3 is 0 Å². The van der Waals surface area contributed by atoms with Gasteiger partial charge in [-0.25, -0.2) is 0 Å². The summed E-state index contributed by atoms with van der Waals surface area (Å²) in [5, 5.41) is 9.73. The van der Waals surface area contributed by atoms with E-state index < -0.39 is 0 Å². The molecule has 2 nitrogen and oxygen atoms in total. The maximum Gasteiger partial charge on any atom is 0.122 e. The van der Waals surface area contributed by atoms with Crippen LogP contribution in [0.25, 0.3) is 0 Å². The minimum absolute atomic E-state index is 0.107. The van der Waals surface area contributed by atoms with Crippen molar-refractivity contribution in [2.75, 3.05) is 13.7 Å². The zero-order valence-corrected chi connectivity index (χ0v) is 10.5. The van der Waals surface area contributed by atoms with Gasteiger partial charge in [-0.2, -0.15) is 0 Å². The normalized spacial score (nSPS) is 26.6. The summed E-state index contributed by atoms with van der Waals surface area (Å²) in [5.41, 5.74) is 2.45. The molecule has 0 heterocycles. The second kappa shape index (κ2) is 3.49. The van der Waals surface area contributed by atoms with E-state index >= 15 is 0 Å². The molecule has 0 spiro atoms. The molecule has 0 radical (unpaired) electrons. The third-order valence-electron chi connectivity index (χ3n) is 4.12. The van der Waals surface area contributed by atoms with Gasteiger partial charge in [-0.1, -0.05) is 26.0 Å². The molecule has 0 saturated heterocycles. The van der Waals surface area contributed by atoms with Gasteiger partial charge in [0.15, 0.2) is 0 Å². The first-order valence-electron chi connectivity index (χ1n) is 5.73. The molecule has 0 aromatic heterocycles. The summed E-state index contributed by atoms with van der Waals surface area (Å²) in [5.74, 6) is 0.902. The lowest BCUT2D eigenvalue weighted by Crippen LogP contribution is -2.21. The van der Waals surface area contributed by atoms with Crippen LogP contribution in [0.5, 0.6) is 5.75 Å². The fraction of sp³-hybridized carbons (Fsp3) is 0.571. The first kappa shape index (κ1) is 11.5. The van der Waals surface area contributed by atoms with Crippen molar-refractivity contribution in [2.24, 2.45) is 5.41 Å². The predicted octanol–water partition coefficient (Wildman–Crippen LogP) is 2.66. The number of hydrogen-bond donors (Lipinski definition) is 1. The third kappa shape index (κ3) is 1.36. The number of methoxy groups -OCH3 is 1. The molecule has 1 atom stereocenters. The maximum absolute atomic E-state index is 9.73. The molecule has 0 aliphatic heterocycles. The van der Waals surface area contributed by atoms with Crippen LogP contribution < -0.4 is 4.74 Å². The lowest BCUT2D eigenvalue weighted by molar-refractivity contribution is 0.227. The van der Waals surface area contributed by atoms with E-state index in [0.29, 0.717) is 0 Å². The van der Waals surface area contributed by atoms with Gasteiger partial charge in [0.1, 0.15) is 5.75 Å². The Morgan fingerprint density at radius 2 is 2.00 bits per heavy atom. The summed E-state index contributed by atoms with van der Waals surface area (Å²) < 4.78 is 5.44. The molecule has 1 saturated carbocycles. The number of aliphatic hydroxyl groups excluding tert-OH is 1. The van der Waals surface area contributed by atoms with E-state index in [1.54, 1.807) is 7.11 Å². The van der Waals surface area contributed by atoms with E-state index in [1.807, 2.05) is 12.1 Å². The smallest absolute Gasteiger partial charge is 0.122 e. The van der Waals surface area contributed by atoms with Crippen LogP contribution >= 0.6 is 0 Å². The fourth-order valence-electron chi connectivity index (χ4n) is 2.91. The van der Waals surface area contributed by atoms with Crippen LogP contribution in [0.3, 0.4) is 0 Å². The molecule has 1 fully saturated rings. The zero-order valence-electron chi connectivity index (χ0n) is 10.5. The summed E-state index contributed by atoms with van der Waals surface area (Å²) >= 11 is 0. The van der Waals surface area contributed by atoms with Crippen LogP contribution in [-0.2, 0) is 5.41 Å². The number of ether oxygens (including phenoxy) is 1. The van der Waals surface area contributed by atoms with E-state index in [2.05, 4.69) is 26.8 Å². The van der Waals surface area contributed by atoms with Crippen LogP contribution in [0, 0.1) is 12.3 Å². The second-order valence-electron chi connectivity index (χ2n) is 5.45. The van der Waals surface area contributed by atoms with E-state index in [0.717, 1.165) is 12.2 Å².